The summed E-state index contributed by atoms with van der Waals surface area (Å²) in [5.74, 6) is -2.93. The lowest BCUT2D eigenvalue weighted by Crippen LogP contribution is -2.36. The normalized spacial score (nSPS) is 11.1. The Morgan fingerprint density at radius 3 is 2.40 bits per heavy atom. The Morgan fingerprint density at radius 2 is 1.87 bits per heavy atom. The Balaban J connectivity index is 2.51. The van der Waals surface area contributed by atoms with Crippen LogP contribution in [0.2, 0.25) is 0 Å². The van der Waals surface area contributed by atoms with Gasteiger partial charge in [0.05, 0.1) is 6.61 Å². The lowest BCUT2D eigenvalue weighted by atomic mass is 10.2. The molecule has 3 N–H and O–H groups in total. The summed E-state index contributed by atoms with van der Waals surface area (Å²) in [4.78, 5) is 11.1. The molecule has 0 saturated carbocycles. The molecule has 0 atom stereocenters. The van der Waals surface area contributed by atoms with Crippen molar-refractivity contribution in [1.29, 1.82) is 0 Å². The number of hydrogen-bond acceptors (Lipinski definition) is 5. The number of ether oxygens (including phenoxy) is 1. The Kier molecular flexibility index (Phi) is 3.79. The smallest absolute Gasteiger partial charge is 0.316 e. The van der Waals surface area contributed by atoms with Gasteiger partial charge in [0.2, 0.25) is 0 Å². The highest BCUT2D eigenvalue weighted by molar-refractivity contribution is 5.73. The van der Waals surface area contributed by atoms with Crippen LogP contribution in [0.5, 0.6) is 5.75 Å². The fraction of sp³-hybridized carbons (Fsp3) is 0.300. The summed E-state index contributed by atoms with van der Waals surface area (Å²) in [6.45, 7) is -0.920. The molecular weight excluding hydrogens is 200 g/mol. The first-order valence-electron chi connectivity index (χ1n) is 4.35. The van der Waals surface area contributed by atoms with Crippen molar-refractivity contribution in [3.05, 3.63) is 30.3 Å². The van der Waals surface area contributed by atoms with Crippen molar-refractivity contribution < 1.29 is 24.9 Å². The summed E-state index contributed by atoms with van der Waals surface area (Å²) in [7, 11) is 0. The topological polar surface area (TPSA) is 87.0 Å². The molecule has 1 aromatic rings. The van der Waals surface area contributed by atoms with E-state index in [9.17, 15) is 4.79 Å². The molecule has 0 aliphatic heterocycles. The molecule has 82 valence electrons. The minimum absolute atomic E-state index is 0.316. The van der Waals surface area contributed by atoms with Crippen LogP contribution >= 0.6 is 0 Å². The molecule has 5 heteroatoms. The number of aliphatic hydroxyl groups excluding tert-OH is 1. The zero-order valence-corrected chi connectivity index (χ0v) is 7.96. The predicted octanol–water partition coefficient (Wildman–Crippen LogP) is -0.345. The van der Waals surface area contributed by atoms with Crippen LogP contribution in [0.25, 0.3) is 0 Å². The number of aliphatic hydroxyl groups is 3. The lowest BCUT2D eigenvalue weighted by molar-refractivity contribution is -0.197. The fourth-order valence-electron chi connectivity index (χ4n) is 0.943. The molecule has 5 nitrogen and oxygen atoms in total. The van der Waals surface area contributed by atoms with E-state index in [-0.39, 0.29) is 0 Å². The number of carbonyl (C=O) groups excluding carboxylic acids is 1. The van der Waals surface area contributed by atoms with Crippen molar-refractivity contribution in [3.63, 3.8) is 0 Å². The maximum absolute atomic E-state index is 11.1. The number of hydrogen-bond donors (Lipinski definition) is 3. The van der Waals surface area contributed by atoms with E-state index in [1.165, 1.54) is 0 Å². The fourth-order valence-corrected chi connectivity index (χ4v) is 0.943. The minimum Gasteiger partial charge on any atom is -0.426 e. The van der Waals surface area contributed by atoms with E-state index in [1.54, 1.807) is 30.3 Å². The van der Waals surface area contributed by atoms with Crippen LogP contribution in [0.4, 0.5) is 0 Å². The van der Waals surface area contributed by atoms with Crippen molar-refractivity contribution in [2.75, 3.05) is 6.61 Å². The van der Waals surface area contributed by atoms with Crippen LogP contribution in [0.3, 0.4) is 0 Å². The quantitative estimate of drug-likeness (QED) is 0.361. The lowest BCUT2D eigenvalue weighted by Gasteiger charge is -2.17. The Hall–Kier alpha value is -1.43. The molecule has 0 unspecified atom stereocenters. The molecule has 0 saturated heterocycles. The van der Waals surface area contributed by atoms with Crippen LogP contribution in [-0.4, -0.2) is 33.7 Å². The van der Waals surface area contributed by atoms with E-state index in [0.717, 1.165) is 0 Å². The molecule has 0 aliphatic carbocycles. The summed E-state index contributed by atoms with van der Waals surface area (Å²) in [6, 6.07) is 8.24. The monoisotopic (exact) mass is 212 g/mol. The van der Waals surface area contributed by atoms with Gasteiger partial charge in [0, 0.05) is 0 Å². The molecule has 0 bridgehead atoms. The molecule has 0 aliphatic rings. The Labute approximate surface area is 86.5 Å². The van der Waals surface area contributed by atoms with Gasteiger partial charge in [-0.3, -0.25) is 4.79 Å². The van der Waals surface area contributed by atoms with Gasteiger partial charge in [-0.1, -0.05) is 18.2 Å². The minimum atomic E-state index is -2.42. The second-order valence-electron chi connectivity index (χ2n) is 3.10. The van der Waals surface area contributed by atoms with Gasteiger partial charge < -0.3 is 20.1 Å². The summed E-state index contributed by atoms with van der Waals surface area (Å²) < 4.78 is 4.78. The number of esters is 1. The van der Waals surface area contributed by atoms with Crippen molar-refractivity contribution in [2.45, 2.75) is 12.2 Å². The Bertz CT molecular complexity index is 320. The van der Waals surface area contributed by atoms with Gasteiger partial charge in [0.15, 0.2) is 5.79 Å². The molecule has 1 rings (SSSR count). The summed E-state index contributed by atoms with van der Waals surface area (Å²) in [6.07, 6.45) is -0.682. The largest absolute Gasteiger partial charge is 0.426 e. The zero-order valence-electron chi connectivity index (χ0n) is 7.96. The maximum Gasteiger partial charge on any atom is 0.316 e. The van der Waals surface area contributed by atoms with Gasteiger partial charge in [-0.05, 0) is 12.1 Å². The highest BCUT2D eigenvalue weighted by atomic mass is 16.6. The Morgan fingerprint density at radius 1 is 1.27 bits per heavy atom. The average Bonchev–Trinajstić information content (AvgIpc) is 2.18. The summed E-state index contributed by atoms with van der Waals surface area (Å²) in [5.41, 5.74) is 0. The first-order valence-corrected chi connectivity index (χ1v) is 4.35. The number of rotatable bonds is 4. The van der Waals surface area contributed by atoms with Crippen molar-refractivity contribution in [3.8, 4) is 5.75 Å². The van der Waals surface area contributed by atoms with E-state index in [0.29, 0.717) is 5.75 Å². The van der Waals surface area contributed by atoms with E-state index < -0.39 is 24.8 Å². The highest BCUT2D eigenvalue weighted by Crippen LogP contribution is 2.12. The standard InChI is InChI=1S/C10H12O5/c11-7-10(13,14)6-9(12)15-8-4-2-1-3-5-8/h1-5,11,13-14H,6-7H2. The van der Waals surface area contributed by atoms with Gasteiger partial charge in [0.25, 0.3) is 0 Å². The van der Waals surface area contributed by atoms with Gasteiger partial charge in [-0.25, -0.2) is 0 Å². The van der Waals surface area contributed by atoms with Crippen LogP contribution in [0.15, 0.2) is 30.3 Å². The molecule has 0 spiro atoms. The van der Waals surface area contributed by atoms with Gasteiger partial charge in [0.1, 0.15) is 12.2 Å². The third-order valence-electron chi connectivity index (χ3n) is 1.66. The van der Waals surface area contributed by atoms with Crippen LogP contribution < -0.4 is 4.74 Å². The van der Waals surface area contributed by atoms with Crippen LogP contribution in [-0.2, 0) is 4.79 Å². The van der Waals surface area contributed by atoms with E-state index in [2.05, 4.69) is 0 Å². The number of carbonyl (C=O) groups is 1. The number of benzene rings is 1. The second-order valence-corrected chi connectivity index (χ2v) is 3.10. The first kappa shape index (κ1) is 11.6. The van der Waals surface area contributed by atoms with E-state index in [1.807, 2.05) is 0 Å². The molecule has 15 heavy (non-hydrogen) atoms. The molecular formula is C10H12O5. The molecule has 0 radical (unpaired) electrons. The van der Waals surface area contributed by atoms with Crippen molar-refractivity contribution in [1.82, 2.24) is 0 Å². The molecule has 0 aromatic heterocycles. The predicted molar refractivity (Wildman–Crippen MR) is 50.9 cm³/mol. The second kappa shape index (κ2) is 4.88. The first-order chi connectivity index (χ1) is 7.03. The van der Waals surface area contributed by atoms with Crippen LogP contribution in [0, 0.1) is 0 Å². The SMILES string of the molecule is O=C(CC(O)(O)CO)Oc1ccccc1. The van der Waals surface area contributed by atoms with Gasteiger partial charge in [-0.15, -0.1) is 0 Å². The van der Waals surface area contributed by atoms with E-state index >= 15 is 0 Å². The number of para-hydroxylation sites is 1. The summed E-state index contributed by atoms with van der Waals surface area (Å²) >= 11 is 0. The molecule has 0 fully saturated rings. The maximum atomic E-state index is 11.1. The van der Waals surface area contributed by atoms with Crippen molar-refractivity contribution >= 4 is 5.97 Å². The average molecular weight is 212 g/mol. The van der Waals surface area contributed by atoms with E-state index in [4.69, 9.17) is 20.1 Å². The van der Waals surface area contributed by atoms with Gasteiger partial charge in [-0.2, -0.15) is 0 Å². The third kappa shape index (κ3) is 4.07. The molecule has 0 heterocycles. The third-order valence-corrected chi connectivity index (χ3v) is 1.66. The molecule has 0 amide bonds. The highest BCUT2D eigenvalue weighted by Gasteiger charge is 2.27. The van der Waals surface area contributed by atoms with Gasteiger partial charge >= 0.3 is 5.97 Å². The summed E-state index contributed by atoms with van der Waals surface area (Å²) in [5, 5.41) is 26.5. The zero-order chi connectivity index (χ0) is 11.3. The van der Waals surface area contributed by atoms with Crippen molar-refractivity contribution in [2.24, 2.45) is 0 Å². The molecule has 1 aromatic carbocycles. The van der Waals surface area contributed by atoms with Crippen LogP contribution in [0.1, 0.15) is 6.42 Å².